The fraction of sp³-hybridized carbons (Fsp3) is 0.444. The Hall–Kier alpha value is -1.21. The molecule has 1 rings (SSSR count). The van der Waals surface area contributed by atoms with Gasteiger partial charge in [0.1, 0.15) is 12.8 Å². The van der Waals surface area contributed by atoms with Crippen LogP contribution in [0.5, 0.6) is 5.88 Å². The van der Waals surface area contributed by atoms with Gasteiger partial charge in [-0.25, -0.2) is 4.98 Å². The molecule has 0 aliphatic heterocycles. The maximum atomic E-state index is 10.5. The maximum absolute atomic E-state index is 10.5. The number of pyridine rings is 1. The van der Waals surface area contributed by atoms with Crippen LogP contribution in [-0.2, 0) is 0 Å². The van der Waals surface area contributed by atoms with Crippen molar-refractivity contribution in [2.75, 3.05) is 6.61 Å². The van der Waals surface area contributed by atoms with Gasteiger partial charge in [-0.2, -0.15) is 0 Å². The number of ether oxygens (including phenoxy) is 1. The van der Waals surface area contributed by atoms with E-state index in [0.717, 1.165) is 6.20 Å². The first-order valence-electron chi connectivity index (χ1n) is 4.51. The van der Waals surface area contributed by atoms with Crippen LogP contribution >= 0.6 is 15.9 Å². The molecular formula is C9H12BrN3O3. The van der Waals surface area contributed by atoms with Crippen molar-refractivity contribution < 1.29 is 9.66 Å². The minimum atomic E-state index is -0.519. The summed E-state index contributed by atoms with van der Waals surface area (Å²) in [5.41, 5.74) is 5.16. The second-order valence-electron chi connectivity index (χ2n) is 4.01. The Morgan fingerprint density at radius 2 is 2.31 bits per heavy atom. The number of nitrogens with two attached hydrogens (primary N) is 1. The van der Waals surface area contributed by atoms with Crippen LogP contribution in [0.1, 0.15) is 13.8 Å². The molecule has 16 heavy (non-hydrogen) atoms. The van der Waals surface area contributed by atoms with E-state index in [4.69, 9.17) is 10.5 Å². The average molecular weight is 290 g/mol. The normalized spacial score (nSPS) is 11.2. The van der Waals surface area contributed by atoms with E-state index in [-0.39, 0.29) is 12.3 Å². The summed E-state index contributed by atoms with van der Waals surface area (Å²) in [5.74, 6) is 0.295. The molecule has 6 nitrogen and oxygen atoms in total. The van der Waals surface area contributed by atoms with Crippen LogP contribution in [0.3, 0.4) is 0 Å². The average Bonchev–Trinajstić information content (AvgIpc) is 2.14. The lowest BCUT2D eigenvalue weighted by molar-refractivity contribution is -0.385. The van der Waals surface area contributed by atoms with Gasteiger partial charge < -0.3 is 10.5 Å². The Kier molecular flexibility index (Phi) is 3.82. The molecule has 0 aromatic carbocycles. The first-order chi connectivity index (χ1) is 7.29. The molecule has 0 fully saturated rings. The van der Waals surface area contributed by atoms with Crippen molar-refractivity contribution in [1.29, 1.82) is 0 Å². The minimum Gasteiger partial charge on any atom is -0.475 e. The third kappa shape index (κ3) is 3.74. The van der Waals surface area contributed by atoms with Crippen LogP contribution < -0.4 is 10.5 Å². The Bertz CT molecular complexity index is 403. The molecule has 0 saturated carbocycles. The maximum Gasteiger partial charge on any atom is 0.288 e. The molecule has 0 radical (unpaired) electrons. The van der Waals surface area contributed by atoms with Crippen molar-refractivity contribution in [3.05, 3.63) is 26.9 Å². The highest BCUT2D eigenvalue weighted by atomic mass is 79.9. The van der Waals surface area contributed by atoms with Gasteiger partial charge in [-0.3, -0.25) is 10.1 Å². The van der Waals surface area contributed by atoms with Crippen LogP contribution in [0, 0.1) is 10.1 Å². The summed E-state index contributed by atoms with van der Waals surface area (Å²) < 4.78 is 5.77. The zero-order valence-corrected chi connectivity index (χ0v) is 10.5. The highest BCUT2D eigenvalue weighted by Gasteiger charge is 2.15. The van der Waals surface area contributed by atoms with Gasteiger partial charge in [-0.05, 0) is 29.8 Å². The molecule has 1 aromatic heterocycles. The van der Waals surface area contributed by atoms with E-state index < -0.39 is 10.5 Å². The fourth-order valence-electron chi connectivity index (χ4n) is 0.876. The van der Waals surface area contributed by atoms with Gasteiger partial charge >= 0.3 is 0 Å². The Labute approximate surface area is 101 Å². The topological polar surface area (TPSA) is 91.3 Å². The molecule has 0 amide bonds. The molecule has 1 heterocycles. The number of halogens is 1. The summed E-state index contributed by atoms with van der Waals surface area (Å²) in [4.78, 5) is 13.8. The van der Waals surface area contributed by atoms with E-state index in [1.807, 2.05) is 13.8 Å². The third-order valence-electron chi connectivity index (χ3n) is 1.58. The van der Waals surface area contributed by atoms with Gasteiger partial charge in [0.25, 0.3) is 5.69 Å². The van der Waals surface area contributed by atoms with Crippen molar-refractivity contribution in [2.24, 2.45) is 5.73 Å². The summed E-state index contributed by atoms with van der Waals surface area (Å²) >= 11 is 3.15. The second kappa shape index (κ2) is 4.75. The number of hydrogen-bond donors (Lipinski definition) is 1. The molecule has 0 saturated heterocycles. The van der Waals surface area contributed by atoms with Crippen LogP contribution in [0.25, 0.3) is 0 Å². The SMILES string of the molecule is CC(C)(N)COc1ncc([N+](=O)[O-])cc1Br. The van der Waals surface area contributed by atoms with Gasteiger partial charge in [-0.1, -0.05) is 0 Å². The molecule has 88 valence electrons. The summed E-state index contributed by atoms with van der Waals surface area (Å²) in [6.07, 6.45) is 1.14. The smallest absolute Gasteiger partial charge is 0.288 e. The second-order valence-corrected chi connectivity index (χ2v) is 4.87. The Morgan fingerprint density at radius 3 is 2.75 bits per heavy atom. The van der Waals surface area contributed by atoms with Crippen molar-refractivity contribution in [3.63, 3.8) is 0 Å². The van der Waals surface area contributed by atoms with E-state index in [9.17, 15) is 10.1 Å². The minimum absolute atomic E-state index is 0.0915. The number of rotatable bonds is 4. The van der Waals surface area contributed by atoms with E-state index in [0.29, 0.717) is 10.4 Å². The number of aromatic nitrogens is 1. The van der Waals surface area contributed by atoms with Crippen molar-refractivity contribution in [1.82, 2.24) is 4.98 Å². The summed E-state index contributed by atoms with van der Waals surface area (Å²) in [7, 11) is 0. The number of hydrogen-bond acceptors (Lipinski definition) is 5. The standard InChI is InChI=1S/C9H12BrN3O3/c1-9(2,11)5-16-8-7(10)3-6(4-12-8)13(14)15/h3-4H,5,11H2,1-2H3. The van der Waals surface area contributed by atoms with E-state index in [2.05, 4.69) is 20.9 Å². The highest BCUT2D eigenvalue weighted by Crippen LogP contribution is 2.26. The molecule has 0 spiro atoms. The molecular weight excluding hydrogens is 278 g/mol. The molecule has 0 atom stereocenters. The lowest BCUT2D eigenvalue weighted by Crippen LogP contribution is -2.38. The fourth-order valence-corrected chi connectivity index (χ4v) is 1.33. The van der Waals surface area contributed by atoms with E-state index >= 15 is 0 Å². The van der Waals surface area contributed by atoms with Crippen molar-refractivity contribution >= 4 is 21.6 Å². The van der Waals surface area contributed by atoms with Crippen molar-refractivity contribution in [2.45, 2.75) is 19.4 Å². The van der Waals surface area contributed by atoms with E-state index in [1.54, 1.807) is 0 Å². The van der Waals surface area contributed by atoms with Gasteiger partial charge in [0.05, 0.1) is 9.40 Å². The van der Waals surface area contributed by atoms with E-state index in [1.165, 1.54) is 6.07 Å². The third-order valence-corrected chi connectivity index (χ3v) is 2.15. The summed E-state index contributed by atoms with van der Waals surface area (Å²) in [5, 5.41) is 10.5. The molecule has 2 N–H and O–H groups in total. The molecule has 7 heteroatoms. The number of nitrogens with zero attached hydrogens (tertiary/aromatic N) is 2. The lowest BCUT2D eigenvalue weighted by Gasteiger charge is -2.18. The zero-order valence-electron chi connectivity index (χ0n) is 8.94. The quantitative estimate of drug-likeness (QED) is 0.675. The highest BCUT2D eigenvalue weighted by molar-refractivity contribution is 9.10. The lowest BCUT2D eigenvalue weighted by atomic mass is 10.1. The van der Waals surface area contributed by atoms with Crippen LogP contribution in [-0.4, -0.2) is 22.1 Å². The van der Waals surface area contributed by atoms with Crippen molar-refractivity contribution in [3.8, 4) is 5.88 Å². The zero-order chi connectivity index (χ0) is 12.3. The van der Waals surface area contributed by atoms with Gasteiger partial charge in [0.2, 0.25) is 5.88 Å². The summed E-state index contributed by atoms with van der Waals surface area (Å²) in [6.45, 7) is 3.90. The first kappa shape index (κ1) is 12.9. The Balaban J connectivity index is 2.80. The summed E-state index contributed by atoms with van der Waals surface area (Å²) in [6, 6.07) is 1.34. The van der Waals surface area contributed by atoms with Crippen LogP contribution in [0.4, 0.5) is 5.69 Å². The van der Waals surface area contributed by atoms with Gasteiger partial charge in [0.15, 0.2) is 0 Å². The number of nitro groups is 1. The molecule has 0 aliphatic rings. The van der Waals surface area contributed by atoms with Gasteiger partial charge in [0, 0.05) is 11.6 Å². The molecule has 0 aliphatic carbocycles. The predicted molar refractivity (Wildman–Crippen MR) is 62.4 cm³/mol. The first-order valence-corrected chi connectivity index (χ1v) is 5.30. The molecule has 1 aromatic rings. The van der Waals surface area contributed by atoms with Crippen LogP contribution in [0.2, 0.25) is 0 Å². The molecule has 0 unspecified atom stereocenters. The largest absolute Gasteiger partial charge is 0.475 e. The molecule has 0 bridgehead atoms. The Morgan fingerprint density at radius 1 is 1.69 bits per heavy atom. The predicted octanol–water partition coefficient (Wildman–Crippen LogP) is 1.87. The van der Waals surface area contributed by atoms with Gasteiger partial charge in [-0.15, -0.1) is 0 Å². The van der Waals surface area contributed by atoms with Crippen LogP contribution in [0.15, 0.2) is 16.7 Å². The monoisotopic (exact) mass is 289 g/mol.